The molecule has 4 aromatic rings. The number of carbonyl (C=O) groups is 1. The van der Waals surface area contributed by atoms with Crippen LogP contribution >= 0.6 is 11.8 Å². The number of benzene rings is 3. The summed E-state index contributed by atoms with van der Waals surface area (Å²) in [6.07, 6.45) is -4.60. The Balaban J connectivity index is 1.55. The van der Waals surface area contributed by atoms with Crippen LogP contribution in [0.25, 0.3) is 16.9 Å². The van der Waals surface area contributed by atoms with Crippen molar-refractivity contribution in [1.29, 1.82) is 0 Å². The first kappa shape index (κ1) is 22.1. The average molecular weight is 482 g/mol. The largest absolute Gasteiger partial charge is 0.435 e. The first-order valence-electron chi connectivity index (χ1n) is 10.3. The van der Waals surface area contributed by atoms with Crippen molar-refractivity contribution in [2.24, 2.45) is 5.73 Å². The van der Waals surface area contributed by atoms with Crippen LogP contribution in [0.15, 0.2) is 82.6 Å². The zero-order valence-electron chi connectivity index (χ0n) is 17.6. The molecule has 0 unspecified atom stereocenters. The highest BCUT2D eigenvalue weighted by atomic mass is 32.2. The van der Waals surface area contributed by atoms with Crippen molar-refractivity contribution in [3.8, 4) is 16.9 Å². The molecule has 0 bridgehead atoms. The quantitative estimate of drug-likeness (QED) is 0.308. The highest BCUT2D eigenvalue weighted by Crippen LogP contribution is 2.45. The molecular formula is C24H18F3N5OS. The fourth-order valence-corrected chi connectivity index (χ4v) is 4.59. The highest BCUT2D eigenvalue weighted by Gasteiger charge is 2.35. The number of fused-ring (bicyclic) bond motifs is 2. The highest BCUT2D eigenvalue weighted by molar-refractivity contribution is 7.99. The maximum atomic E-state index is 13.5. The van der Waals surface area contributed by atoms with Gasteiger partial charge in [0, 0.05) is 21.0 Å². The summed E-state index contributed by atoms with van der Waals surface area (Å²) in [7, 11) is 0. The summed E-state index contributed by atoms with van der Waals surface area (Å²) in [5, 5.41) is 9.80. The zero-order valence-corrected chi connectivity index (χ0v) is 18.4. The molecule has 34 heavy (non-hydrogen) atoms. The number of nitrogens with two attached hydrogens (primary N) is 1. The van der Waals surface area contributed by atoms with Crippen molar-refractivity contribution >= 4 is 34.7 Å². The average Bonchev–Trinajstić information content (AvgIpc) is 3.29. The molecule has 0 fully saturated rings. The molecule has 5 rings (SSSR count). The number of halogens is 3. The number of anilines is 3. The Morgan fingerprint density at radius 2 is 1.74 bits per heavy atom. The van der Waals surface area contributed by atoms with E-state index in [1.807, 2.05) is 36.4 Å². The van der Waals surface area contributed by atoms with E-state index < -0.39 is 11.9 Å². The van der Waals surface area contributed by atoms with Crippen molar-refractivity contribution in [3.63, 3.8) is 0 Å². The summed E-state index contributed by atoms with van der Waals surface area (Å²) in [6.45, 7) is -0.172. The Hall–Kier alpha value is -3.76. The van der Waals surface area contributed by atoms with Crippen molar-refractivity contribution in [2.75, 3.05) is 17.2 Å². The predicted octanol–water partition coefficient (Wildman–Crippen LogP) is 5.66. The van der Waals surface area contributed by atoms with Gasteiger partial charge < -0.3 is 16.4 Å². The van der Waals surface area contributed by atoms with Crippen LogP contribution in [0.4, 0.5) is 30.2 Å². The molecule has 0 radical (unpaired) electrons. The van der Waals surface area contributed by atoms with Gasteiger partial charge in [-0.25, -0.2) is 4.68 Å². The molecule has 4 N–H and O–H groups in total. The fourth-order valence-electron chi connectivity index (χ4n) is 3.62. The molecule has 1 aliphatic rings. The van der Waals surface area contributed by atoms with Gasteiger partial charge in [-0.1, -0.05) is 30.0 Å². The maximum absolute atomic E-state index is 13.5. The molecule has 10 heteroatoms. The third-order valence-electron chi connectivity index (χ3n) is 5.23. The molecule has 172 valence electrons. The molecule has 0 spiro atoms. The molecule has 0 saturated carbocycles. The topological polar surface area (TPSA) is 85.0 Å². The monoisotopic (exact) mass is 481 g/mol. The van der Waals surface area contributed by atoms with Crippen molar-refractivity contribution in [2.45, 2.75) is 16.0 Å². The van der Waals surface area contributed by atoms with E-state index in [0.29, 0.717) is 22.6 Å². The van der Waals surface area contributed by atoms with Gasteiger partial charge >= 0.3 is 6.18 Å². The standard InChI is InChI=1S/C24H18F3N5OS/c25-24(26,27)22-12-19(32(31-22)16-8-6-15(7-9-16)29-23(33)13-28)14-5-10-21-18(11-14)30-17-3-1-2-4-20(17)34-21/h1-12,30H,13,28H2,(H,29,33). The van der Waals surface area contributed by atoms with Crippen LogP contribution in [0.3, 0.4) is 0 Å². The zero-order chi connectivity index (χ0) is 23.9. The lowest BCUT2D eigenvalue weighted by molar-refractivity contribution is -0.141. The Kier molecular flexibility index (Phi) is 5.54. The van der Waals surface area contributed by atoms with Gasteiger partial charge in [0.25, 0.3) is 0 Å². The van der Waals surface area contributed by atoms with E-state index >= 15 is 0 Å². The third-order valence-corrected chi connectivity index (χ3v) is 6.38. The first-order chi connectivity index (χ1) is 16.3. The molecule has 2 heterocycles. The number of alkyl halides is 3. The normalized spacial score (nSPS) is 12.5. The summed E-state index contributed by atoms with van der Waals surface area (Å²) < 4.78 is 41.9. The van der Waals surface area contributed by atoms with Gasteiger partial charge in [0.1, 0.15) is 0 Å². The summed E-state index contributed by atoms with van der Waals surface area (Å²) in [4.78, 5) is 13.6. The Labute approximate surface area is 197 Å². The Bertz CT molecular complexity index is 1380. The van der Waals surface area contributed by atoms with Crippen LogP contribution in [0, 0.1) is 0 Å². The molecule has 3 aromatic carbocycles. The second-order valence-corrected chi connectivity index (χ2v) is 8.64. The van der Waals surface area contributed by atoms with Gasteiger partial charge in [-0.15, -0.1) is 0 Å². The third kappa shape index (κ3) is 4.25. The van der Waals surface area contributed by atoms with Crippen molar-refractivity contribution < 1.29 is 18.0 Å². The summed E-state index contributed by atoms with van der Waals surface area (Å²) in [6, 6.07) is 20.7. The van der Waals surface area contributed by atoms with E-state index in [2.05, 4.69) is 15.7 Å². The lowest BCUT2D eigenvalue weighted by atomic mass is 10.1. The van der Waals surface area contributed by atoms with E-state index in [-0.39, 0.29) is 12.5 Å². The number of nitrogens with zero attached hydrogens (tertiary/aromatic N) is 2. The smallest absolute Gasteiger partial charge is 0.354 e. The van der Waals surface area contributed by atoms with Gasteiger partial charge in [0.05, 0.1) is 29.3 Å². The molecule has 1 amide bonds. The van der Waals surface area contributed by atoms with E-state index in [4.69, 9.17) is 5.73 Å². The first-order valence-corrected chi connectivity index (χ1v) is 11.1. The fraction of sp³-hybridized carbons (Fsp3) is 0.0833. The van der Waals surface area contributed by atoms with Gasteiger partial charge in [-0.2, -0.15) is 18.3 Å². The van der Waals surface area contributed by atoms with E-state index in [9.17, 15) is 18.0 Å². The minimum absolute atomic E-state index is 0.172. The van der Waals surface area contributed by atoms with E-state index in [0.717, 1.165) is 27.2 Å². The summed E-state index contributed by atoms with van der Waals surface area (Å²) >= 11 is 1.60. The van der Waals surface area contributed by atoms with Crippen LogP contribution in [-0.4, -0.2) is 22.2 Å². The second kappa shape index (κ2) is 8.54. The maximum Gasteiger partial charge on any atom is 0.435 e. The minimum Gasteiger partial charge on any atom is -0.354 e. The van der Waals surface area contributed by atoms with E-state index in [1.54, 1.807) is 42.1 Å². The number of aromatic nitrogens is 2. The van der Waals surface area contributed by atoms with Gasteiger partial charge in [0.15, 0.2) is 5.69 Å². The van der Waals surface area contributed by atoms with Gasteiger partial charge in [-0.05, 0) is 54.6 Å². The van der Waals surface area contributed by atoms with Crippen LogP contribution in [0.5, 0.6) is 0 Å². The number of rotatable bonds is 4. The molecule has 0 aliphatic carbocycles. The number of hydrogen-bond donors (Lipinski definition) is 3. The lowest BCUT2D eigenvalue weighted by Gasteiger charge is -2.21. The van der Waals surface area contributed by atoms with E-state index in [1.165, 1.54) is 4.68 Å². The number of hydrogen-bond acceptors (Lipinski definition) is 5. The van der Waals surface area contributed by atoms with Crippen molar-refractivity contribution in [3.05, 3.63) is 78.5 Å². The molecule has 1 aromatic heterocycles. The number of carbonyl (C=O) groups excluding carboxylic acids is 1. The number of nitrogens with one attached hydrogen (secondary N) is 2. The van der Waals surface area contributed by atoms with Crippen LogP contribution in [0.1, 0.15) is 5.69 Å². The lowest BCUT2D eigenvalue weighted by Crippen LogP contribution is -2.21. The Morgan fingerprint density at radius 1 is 1.00 bits per heavy atom. The van der Waals surface area contributed by atoms with Crippen LogP contribution in [0.2, 0.25) is 0 Å². The summed E-state index contributed by atoms with van der Waals surface area (Å²) in [5.74, 6) is -0.368. The van der Waals surface area contributed by atoms with Gasteiger partial charge in [0.2, 0.25) is 5.91 Å². The molecule has 0 atom stereocenters. The van der Waals surface area contributed by atoms with Crippen LogP contribution in [-0.2, 0) is 11.0 Å². The summed E-state index contributed by atoms with van der Waals surface area (Å²) in [5.41, 5.74) is 7.83. The van der Waals surface area contributed by atoms with Gasteiger partial charge in [-0.3, -0.25) is 4.79 Å². The predicted molar refractivity (Wildman–Crippen MR) is 126 cm³/mol. The minimum atomic E-state index is -4.60. The molecule has 6 nitrogen and oxygen atoms in total. The number of para-hydroxylation sites is 1. The molecule has 1 aliphatic heterocycles. The second-order valence-electron chi connectivity index (χ2n) is 7.56. The van der Waals surface area contributed by atoms with Crippen molar-refractivity contribution in [1.82, 2.24) is 9.78 Å². The van der Waals surface area contributed by atoms with Crippen LogP contribution < -0.4 is 16.4 Å². The molecule has 0 saturated heterocycles. The SMILES string of the molecule is NCC(=O)Nc1ccc(-n2nc(C(F)(F)F)cc2-c2ccc3c(c2)Nc2ccccc2S3)cc1. The number of amides is 1. The Morgan fingerprint density at radius 3 is 2.47 bits per heavy atom. The molecular weight excluding hydrogens is 463 g/mol.